The fourth-order valence-electron chi connectivity index (χ4n) is 3.18. The van der Waals surface area contributed by atoms with E-state index in [1.54, 1.807) is 18.2 Å². The molecular weight excluding hydrogens is 386 g/mol. The van der Waals surface area contributed by atoms with E-state index in [1.807, 2.05) is 43.3 Å². The summed E-state index contributed by atoms with van der Waals surface area (Å²) < 4.78 is 32.6. The second kappa shape index (κ2) is 8.29. The first-order valence-corrected chi connectivity index (χ1v) is 9.44. The molecule has 1 heterocycles. The highest BCUT2D eigenvalue weighted by Gasteiger charge is 2.16. The molecule has 4 rings (SSSR count). The van der Waals surface area contributed by atoms with Gasteiger partial charge in [-0.2, -0.15) is 0 Å². The second-order valence-corrected chi connectivity index (χ2v) is 6.61. The number of halogens is 2. The van der Waals surface area contributed by atoms with Crippen molar-refractivity contribution in [2.75, 3.05) is 11.9 Å². The van der Waals surface area contributed by atoms with Gasteiger partial charge in [0.25, 0.3) is 5.91 Å². The number of carbonyl (C=O) groups excluding carboxylic acids is 1. The van der Waals surface area contributed by atoms with Gasteiger partial charge in [0.1, 0.15) is 17.4 Å². The maximum Gasteiger partial charge on any atom is 0.256 e. The van der Waals surface area contributed by atoms with Crippen molar-refractivity contribution in [1.29, 1.82) is 0 Å². The van der Waals surface area contributed by atoms with Crippen LogP contribution in [-0.4, -0.2) is 17.5 Å². The third-order valence-electron chi connectivity index (χ3n) is 4.60. The Labute approximate surface area is 172 Å². The summed E-state index contributed by atoms with van der Waals surface area (Å²) in [6, 6.07) is 19.3. The molecule has 0 saturated heterocycles. The van der Waals surface area contributed by atoms with Crippen LogP contribution in [0.5, 0.6) is 5.75 Å². The highest BCUT2D eigenvalue weighted by atomic mass is 19.1. The van der Waals surface area contributed by atoms with Crippen molar-refractivity contribution in [2.45, 2.75) is 6.92 Å². The van der Waals surface area contributed by atoms with Crippen LogP contribution in [0.15, 0.2) is 72.8 Å². The van der Waals surface area contributed by atoms with Crippen LogP contribution in [0.3, 0.4) is 0 Å². The third kappa shape index (κ3) is 3.98. The molecule has 150 valence electrons. The molecule has 0 unspecified atom stereocenters. The smallest absolute Gasteiger partial charge is 0.256 e. The van der Waals surface area contributed by atoms with Gasteiger partial charge in [-0.25, -0.2) is 13.8 Å². The van der Waals surface area contributed by atoms with Gasteiger partial charge in [-0.05, 0) is 55.5 Å². The Morgan fingerprint density at radius 1 is 1.00 bits per heavy atom. The summed E-state index contributed by atoms with van der Waals surface area (Å²) in [5.41, 5.74) is 2.29. The number of fused-ring (bicyclic) bond motifs is 1. The number of pyridine rings is 1. The van der Waals surface area contributed by atoms with Gasteiger partial charge < -0.3 is 10.1 Å². The van der Waals surface area contributed by atoms with Crippen LogP contribution in [0.1, 0.15) is 17.3 Å². The monoisotopic (exact) mass is 404 g/mol. The molecular formula is C24H18F2N2O2. The summed E-state index contributed by atoms with van der Waals surface area (Å²) in [6.07, 6.45) is 0. The number of ether oxygens (including phenoxy) is 1. The first kappa shape index (κ1) is 19.5. The molecule has 0 aliphatic heterocycles. The van der Waals surface area contributed by atoms with Crippen molar-refractivity contribution >= 4 is 22.5 Å². The molecule has 0 radical (unpaired) electrons. The van der Waals surface area contributed by atoms with Crippen molar-refractivity contribution in [1.82, 2.24) is 4.98 Å². The predicted molar refractivity (Wildman–Crippen MR) is 113 cm³/mol. The summed E-state index contributed by atoms with van der Waals surface area (Å²) >= 11 is 0. The van der Waals surface area contributed by atoms with E-state index in [9.17, 15) is 13.6 Å². The fraction of sp³-hybridized carbons (Fsp3) is 0.0833. The first-order chi connectivity index (χ1) is 14.5. The van der Waals surface area contributed by atoms with Gasteiger partial charge in [-0.15, -0.1) is 0 Å². The van der Waals surface area contributed by atoms with Gasteiger partial charge in [-0.3, -0.25) is 4.79 Å². The predicted octanol–water partition coefficient (Wildman–Crippen LogP) is 5.83. The van der Waals surface area contributed by atoms with Gasteiger partial charge in [0.2, 0.25) is 0 Å². The highest BCUT2D eigenvalue weighted by Crippen LogP contribution is 2.27. The van der Waals surface area contributed by atoms with Gasteiger partial charge in [-0.1, -0.05) is 18.2 Å². The molecule has 1 amide bonds. The van der Waals surface area contributed by atoms with E-state index in [-0.39, 0.29) is 5.69 Å². The molecule has 4 nitrogen and oxygen atoms in total. The number of para-hydroxylation sites is 1. The van der Waals surface area contributed by atoms with Crippen LogP contribution >= 0.6 is 0 Å². The van der Waals surface area contributed by atoms with Crippen LogP contribution in [0.4, 0.5) is 14.5 Å². The highest BCUT2D eigenvalue weighted by molar-refractivity contribution is 6.13. The average molecular weight is 404 g/mol. The Morgan fingerprint density at radius 3 is 2.50 bits per heavy atom. The maximum atomic E-state index is 14.0. The van der Waals surface area contributed by atoms with Crippen LogP contribution < -0.4 is 10.1 Å². The second-order valence-electron chi connectivity index (χ2n) is 6.61. The number of carbonyl (C=O) groups is 1. The van der Waals surface area contributed by atoms with Crippen LogP contribution in [-0.2, 0) is 0 Å². The summed E-state index contributed by atoms with van der Waals surface area (Å²) in [5, 5.41) is 3.15. The number of hydrogen-bond acceptors (Lipinski definition) is 3. The number of rotatable bonds is 5. The van der Waals surface area contributed by atoms with Crippen LogP contribution in [0, 0.1) is 11.6 Å². The molecule has 30 heavy (non-hydrogen) atoms. The number of nitrogens with zero attached hydrogens (tertiary/aromatic N) is 1. The Balaban J connectivity index is 1.75. The summed E-state index contributed by atoms with van der Waals surface area (Å²) in [5.74, 6) is -1.32. The number of nitrogens with one attached hydrogen (secondary N) is 1. The van der Waals surface area contributed by atoms with Crippen molar-refractivity contribution in [3.05, 3.63) is 90.0 Å². The zero-order valence-electron chi connectivity index (χ0n) is 16.2. The SMILES string of the molecule is CCOc1ccc(-c2cc(C(=O)Nc3ccc(F)cc3F)c3ccccc3n2)cc1. The quantitative estimate of drug-likeness (QED) is 0.455. The molecule has 0 aliphatic carbocycles. The Kier molecular flexibility index (Phi) is 5.39. The zero-order valence-corrected chi connectivity index (χ0v) is 16.2. The molecule has 3 aromatic carbocycles. The average Bonchev–Trinajstić information content (AvgIpc) is 2.75. The topological polar surface area (TPSA) is 51.2 Å². The van der Waals surface area contributed by atoms with E-state index in [4.69, 9.17) is 4.74 Å². The van der Waals surface area contributed by atoms with Crippen LogP contribution in [0.25, 0.3) is 22.2 Å². The van der Waals surface area contributed by atoms with Crippen molar-refractivity contribution < 1.29 is 18.3 Å². The molecule has 0 spiro atoms. The first-order valence-electron chi connectivity index (χ1n) is 9.44. The third-order valence-corrected chi connectivity index (χ3v) is 4.60. The van der Waals surface area contributed by atoms with Crippen molar-refractivity contribution in [3.63, 3.8) is 0 Å². The number of amides is 1. The van der Waals surface area contributed by atoms with Crippen LogP contribution in [0.2, 0.25) is 0 Å². The molecule has 1 aromatic heterocycles. The lowest BCUT2D eigenvalue weighted by molar-refractivity contribution is 0.102. The molecule has 4 aromatic rings. The van der Waals surface area contributed by atoms with Gasteiger partial charge in [0.15, 0.2) is 0 Å². The number of hydrogen-bond donors (Lipinski definition) is 1. The van der Waals surface area contributed by atoms with Gasteiger partial charge in [0.05, 0.1) is 29.1 Å². The maximum absolute atomic E-state index is 14.0. The van der Waals surface area contributed by atoms with E-state index in [0.29, 0.717) is 28.8 Å². The lowest BCUT2D eigenvalue weighted by atomic mass is 10.0. The van der Waals surface area contributed by atoms with Gasteiger partial charge in [0, 0.05) is 17.0 Å². The number of anilines is 1. The zero-order chi connectivity index (χ0) is 21.1. The Hall–Kier alpha value is -3.80. The molecule has 6 heteroatoms. The lowest BCUT2D eigenvalue weighted by Gasteiger charge is -2.12. The minimum absolute atomic E-state index is 0.0927. The molecule has 0 saturated carbocycles. The summed E-state index contributed by atoms with van der Waals surface area (Å²) in [7, 11) is 0. The molecule has 0 bridgehead atoms. The molecule has 0 aliphatic rings. The minimum Gasteiger partial charge on any atom is -0.494 e. The Bertz CT molecular complexity index is 1220. The number of benzene rings is 3. The molecule has 1 N–H and O–H groups in total. The lowest BCUT2D eigenvalue weighted by Crippen LogP contribution is -2.14. The minimum atomic E-state index is -0.839. The van der Waals surface area contributed by atoms with E-state index >= 15 is 0 Å². The van der Waals surface area contributed by atoms with Gasteiger partial charge >= 0.3 is 0 Å². The van der Waals surface area contributed by atoms with E-state index in [1.165, 1.54) is 6.07 Å². The van der Waals surface area contributed by atoms with E-state index < -0.39 is 17.5 Å². The largest absolute Gasteiger partial charge is 0.494 e. The van der Waals surface area contributed by atoms with E-state index in [2.05, 4.69) is 10.3 Å². The normalized spacial score (nSPS) is 10.8. The Morgan fingerprint density at radius 2 is 1.77 bits per heavy atom. The summed E-state index contributed by atoms with van der Waals surface area (Å²) in [4.78, 5) is 17.6. The van der Waals surface area contributed by atoms with E-state index in [0.717, 1.165) is 23.4 Å². The van der Waals surface area contributed by atoms with Crippen molar-refractivity contribution in [2.24, 2.45) is 0 Å². The standard InChI is InChI=1S/C24H18F2N2O2/c1-2-30-17-10-7-15(8-11-17)23-14-19(18-5-3-4-6-21(18)27-23)24(29)28-22-12-9-16(25)13-20(22)26/h3-14H,2H2,1H3,(H,28,29). The number of aromatic nitrogens is 1. The van der Waals surface area contributed by atoms with Crippen molar-refractivity contribution in [3.8, 4) is 17.0 Å². The summed E-state index contributed by atoms with van der Waals surface area (Å²) in [6.45, 7) is 2.48. The fourth-order valence-corrected chi connectivity index (χ4v) is 3.18. The molecule has 0 atom stereocenters. The molecule has 0 fully saturated rings.